The predicted molar refractivity (Wildman–Crippen MR) is 81.8 cm³/mol. The summed E-state index contributed by atoms with van der Waals surface area (Å²) in [5.41, 5.74) is 1.17. The van der Waals surface area contributed by atoms with Gasteiger partial charge in [-0.2, -0.15) is 0 Å². The lowest BCUT2D eigenvalue weighted by Crippen LogP contribution is -2.49. The fourth-order valence-corrected chi connectivity index (χ4v) is 2.82. The van der Waals surface area contributed by atoms with Crippen molar-refractivity contribution in [2.45, 2.75) is 24.8 Å². The summed E-state index contributed by atoms with van der Waals surface area (Å²) in [7, 11) is 1.51. The van der Waals surface area contributed by atoms with Crippen LogP contribution in [-0.2, 0) is 9.53 Å². The van der Waals surface area contributed by atoms with Crippen LogP contribution in [0.15, 0.2) is 30.3 Å². The number of ether oxygens (including phenoxy) is 1. The minimum Gasteiger partial charge on any atom is -0.465 e. The number of carboxylic acid groups (broad SMARTS) is 1. The van der Waals surface area contributed by atoms with Gasteiger partial charge in [-0.3, -0.25) is 9.69 Å². The number of nitrogens with one attached hydrogen (secondary N) is 1. The zero-order valence-electron chi connectivity index (χ0n) is 12.7. The molecule has 0 aromatic heterocycles. The number of amides is 2. The molecule has 0 radical (unpaired) electrons. The van der Waals surface area contributed by atoms with Gasteiger partial charge in [-0.15, -0.1) is 0 Å². The van der Waals surface area contributed by atoms with E-state index in [-0.39, 0.29) is 25.0 Å². The van der Waals surface area contributed by atoms with Crippen molar-refractivity contribution >= 4 is 12.0 Å². The molecule has 120 valence electrons. The Hall–Kier alpha value is -2.08. The average molecular weight is 306 g/mol. The minimum atomic E-state index is -1.09. The van der Waals surface area contributed by atoms with Crippen molar-refractivity contribution in [3.05, 3.63) is 35.9 Å². The van der Waals surface area contributed by atoms with E-state index in [0.29, 0.717) is 13.0 Å². The van der Waals surface area contributed by atoms with Crippen LogP contribution in [-0.4, -0.2) is 54.9 Å². The summed E-state index contributed by atoms with van der Waals surface area (Å²) in [6, 6.07) is 9.33. The Morgan fingerprint density at radius 1 is 1.36 bits per heavy atom. The summed E-state index contributed by atoms with van der Waals surface area (Å²) >= 11 is 0. The summed E-state index contributed by atoms with van der Waals surface area (Å²) in [5.74, 6) is -0.00912. The Kier molecular flexibility index (Phi) is 5.77. The first kappa shape index (κ1) is 16.3. The molecule has 1 fully saturated rings. The highest BCUT2D eigenvalue weighted by molar-refractivity contribution is 5.85. The summed E-state index contributed by atoms with van der Waals surface area (Å²) in [5, 5.41) is 12.2. The third-order valence-electron chi connectivity index (χ3n) is 4.04. The third-order valence-corrected chi connectivity index (χ3v) is 4.04. The second-order valence-electron chi connectivity index (χ2n) is 5.41. The molecule has 1 aromatic carbocycles. The van der Waals surface area contributed by atoms with Gasteiger partial charge in [0.25, 0.3) is 0 Å². The topological polar surface area (TPSA) is 78.9 Å². The number of rotatable bonds is 5. The largest absolute Gasteiger partial charge is 0.465 e. The first-order chi connectivity index (χ1) is 10.6. The molecule has 0 aliphatic carbocycles. The molecule has 6 nitrogen and oxygen atoms in total. The number of hydrogen-bond donors (Lipinski definition) is 2. The number of hydrogen-bond acceptors (Lipinski definition) is 3. The molecule has 1 aliphatic rings. The lowest BCUT2D eigenvalue weighted by molar-refractivity contribution is -0.125. The first-order valence-electron chi connectivity index (χ1n) is 7.44. The number of methoxy groups -OCH3 is 1. The summed E-state index contributed by atoms with van der Waals surface area (Å²) in [6.45, 7) is 1.01. The molecule has 1 aromatic rings. The van der Waals surface area contributed by atoms with Crippen LogP contribution in [0.25, 0.3) is 0 Å². The zero-order valence-corrected chi connectivity index (χ0v) is 12.7. The van der Waals surface area contributed by atoms with Crippen molar-refractivity contribution < 1.29 is 19.4 Å². The van der Waals surface area contributed by atoms with Crippen LogP contribution in [0.3, 0.4) is 0 Å². The maximum atomic E-state index is 12.2. The van der Waals surface area contributed by atoms with Gasteiger partial charge < -0.3 is 15.2 Å². The quantitative estimate of drug-likeness (QED) is 0.867. The van der Waals surface area contributed by atoms with Crippen LogP contribution < -0.4 is 5.32 Å². The smallest absolute Gasteiger partial charge is 0.408 e. The fourth-order valence-electron chi connectivity index (χ4n) is 2.82. The van der Waals surface area contributed by atoms with Gasteiger partial charge in [0, 0.05) is 26.1 Å². The van der Waals surface area contributed by atoms with Crippen molar-refractivity contribution in [3.63, 3.8) is 0 Å². The van der Waals surface area contributed by atoms with E-state index in [1.54, 1.807) is 0 Å². The Bertz CT molecular complexity index is 506. The van der Waals surface area contributed by atoms with Crippen LogP contribution >= 0.6 is 0 Å². The molecule has 1 saturated heterocycles. The van der Waals surface area contributed by atoms with Crippen molar-refractivity contribution in [3.8, 4) is 0 Å². The van der Waals surface area contributed by atoms with Gasteiger partial charge in [0.2, 0.25) is 5.91 Å². The van der Waals surface area contributed by atoms with Crippen molar-refractivity contribution in [2.75, 3.05) is 26.8 Å². The summed E-state index contributed by atoms with van der Waals surface area (Å²) < 4.78 is 4.93. The summed E-state index contributed by atoms with van der Waals surface area (Å²) in [4.78, 5) is 24.8. The lowest BCUT2D eigenvalue weighted by atomic mass is 9.93. The Balaban J connectivity index is 2.08. The van der Waals surface area contributed by atoms with Gasteiger partial charge in [0.15, 0.2) is 0 Å². The highest BCUT2D eigenvalue weighted by Gasteiger charge is 2.32. The molecule has 2 N–H and O–H groups in total. The van der Waals surface area contributed by atoms with Gasteiger partial charge in [-0.25, -0.2) is 4.79 Å². The van der Waals surface area contributed by atoms with Crippen LogP contribution in [0.5, 0.6) is 0 Å². The van der Waals surface area contributed by atoms with E-state index >= 15 is 0 Å². The number of benzene rings is 1. The van der Waals surface area contributed by atoms with Gasteiger partial charge in [0.05, 0.1) is 6.61 Å². The van der Waals surface area contributed by atoms with E-state index in [0.717, 1.165) is 6.42 Å². The Labute approximate surface area is 130 Å². The van der Waals surface area contributed by atoms with E-state index in [1.165, 1.54) is 17.6 Å². The highest BCUT2D eigenvalue weighted by atomic mass is 16.5. The normalized spacial score (nSPS) is 21.8. The maximum Gasteiger partial charge on any atom is 0.408 e. The molecule has 22 heavy (non-hydrogen) atoms. The molecule has 6 heteroatoms. The van der Waals surface area contributed by atoms with Crippen molar-refractivity contribution in [2.24, 2.45) is 0 Å². The molecule has 1 aliphatic heterocycles. The molecule has 2 atom stereocenters. The van der Waals surface area contributed by atoms with E-state index in [4.69, 9.17) is 4.74 Å². The second kappa shape index (κ2) is 7.79. The molecule has 0 saturated carbocycles. The Morgan fingerprint density at radius 2 is 2.09 bits per heavy atom. The molecule has 2 unspecified atom stereocenters. The second-order valence-corrected chi connectivity index (χ2v) is 5.41. The molecule has 0 spiro atoms. The van der Waals surface area contributed by atoms with Crippen LogP contribution in [0, 0.1) is 0 Å². The van der Waals surface area contributed by atoms with Crippen molar-refractivity contribution in [1.82, 2.24) is 10.2 Å². The highest BCUT2D eigenvalue weighted by Crippen LogP contribution is 2.25. The van der Waals surface area contributed by atoms with Gasteiger partial charge in [-0.1, -0.05) is 30.3 Å². The molecule has 2 rings (SSSR count). The molecule has 1 heterocycles. The minimum absolute atomic E-state index is 0.194. The number of carbonyl (C=O) groups is 2. The summed E-state index contributed by atoms with van der Waals surface area (Å²) in [6.07, 6.45) is 0.196. The van der Waals surface area contributed by atoms with Gasteiger partial charge in [0.1, 0.15) is 6.04 Å². The molecule has 2 amide bonds. The average Bonchev–Trinajstić information content (AvgIpc) is 2.71. The van der Waals surface area contributed by atoms with E-state index in [9.17, 15) is 14.7 Å². The van der Waals surface area contributed by atoms with Crippen LogP contribution in [0.2, 0.25) is 0 Å². The number of carbonyl (C=O) groups excluding carboxylic acids is 1. The van der Waals surface area contributed by atoms with E-state index < -0.39 is 12.1 Å². The van der Waals surface area contributed by atoms with Crippen LogP contribution in [0.1, 0.15) is 24.3 Å². The number of nitrogens with zero attached hydrogens (tertiary/aromatic N) is 1. The fraction of sp³-hybridized carbons (Fsp3) is 0.500. The van der Waals surface area contributed by atoms with E-state index in [1.807, 2.05) is 30.3 Å². The van der Waals surface area contributed by atoms with E-state index in [2.05, 4.69) is 5.32 Å². The zero-order chi connectivity index (χ0) is 15.9. The molecular weight excluding hydrogens is 284 g/mol. The van der Waals surface area contributed by atoms with Crippen molar-refractivity contribution in [1.29, 1.82) is 0 Å². The monoisotopic (exact) mass is 306 g/mol. The van der Waals surface area contributed by atoms with Gasteiger partial charge in [-0.05, 0) is 18.4 Å². The Morgan fingerprint density at radius 3 is 2.73 bits per heavy atom. The molecule has 0 bridgehead atoms. The third kappa shape index (κ3) is 3.98. The standard InChI is InChI=1S/C16H22N2O4/c1-22-10-9-18(16(20)21)14-8-7-13(11-17-15(14)19)12-5-3-2-4-6-12/h2-6,13-14H,7-11H2,1H3,(H,17,19)(H,20,21). The SMILES string of the molecule is COCCN(C(=O)O)C1CCC(c2ccccc2)CNC1=O. The molecular formula is C16H22N2O4. The lowest BCUT2D eigenvalue weighted by Gasteiger charge is -2.26. The first-order valence-corrected chi connectivity index (χ1v) is 7.44. The predicted octanol–water partition coefficient (Wildman–Crippen LogP) is 1.68. The van der Waals surface area contributed by atoms with Gasteiger partial charge >= 0.3 is 6.09 Å². The maximum absolute atomic E-state index is 12.2. The van der Waals surface area contributed by atoms with Crippen LogP contribution in [0.4, 0.5) is 4.79 Å².